The molecule has 8 nitrogen and oxygen atoms in total. The molecule has 1 aliphatic heterocycles. The Kier molecular flexibility index (Phi) is 8.45. The van der Waals surface area contributed by atoms with E-state index in [4.69, 9.17) is 25.3 Å². The van der Waals surface area contributed by atoms with E-state index in [1.807, 2.05) is 0 Å². The lowest BCUT2D eigenvalue weighted by atomic mass is 9.34. The fourth-order valence-electron chi connectivity index (χ4n) is 12.7. The predicted octanol–water partition coefficient (Wildman–Crippen LogP) is 8.04. The van der Waals surface area contributed by atoms with Gasteiger partial charge in [-0.2, -0.15) is 5.10 Å². The van der Waals surface area contributed by atoms with Gasteiger partial charge in [0.05, 0.1) is 37.9 Å². The summed E-state index contributed by atoms with van der Waals surface area (Å²) in [6, 6.07) is 0.0280. The highest BCUT2D eigenvalue weighted by molar-refractivity contribution is 5.73. The molecule has 1 aromatic rings. The first-order chi connectivity index (χ1) is 22.9. The standard InChI is InChI=1S/C41H66N4O4/c1-24(2)26(5)36(6)17-18-38(8)28-13-14-31-37(7)20-48-22-41(31,29(28)15-16-39(38,9)32(36)35(46)47)19-30(33(37)49-21-40(10,42)25(3)4)45-34(27-11-12-27)43-23-44-45/h15,23-28,30-33H,11-14,16-22,42H2,1-10H3,(H,46,47)/t26-,28+,30-,31+,32-,33+,36-,37-,38-,39+,40+,41+/m1/s1. The lowest BCUT2D eigenvalue weighted by Crippen LogP contribution is -2.69. The van der Waals surface area contributed by atoms with Crippen molar-refractivity contribution in [3.05, 3.63) is 23.8 Å². The second kappa shape index (κ2) is 11.6. The van der Waals surface area contributed by atoms with Crippen molar-refractivity contribution in [3.63, 3.8) is 0 Å². The third-order valence-electron chi connectivity index (χ3n) is 16.8. The molecule has 1 aromatic heterocycles. The highest BCUT2D eigenvalue weighted by Crippen LogP contribution is 2.75. The zero-order chi connectivity index (χ0) is 35.5. The van der Waals surface area contributed by atoms with Crippen molar-refractivity contribution in [2.45, 2.75) is 144 Å². The molecule has 0 radical (unpaired) electrons. The van der Waals surface area contributed by atoms with Gasteiger partial charge in [-0.15, -0.1) is 0 Å². The number of carboxylic acid groups (broad SMARTS) is 1. The van der Waals surface area contributed by atoms with Crippen molar-refractivity contribution in [1.29, 1.82) is 0 Å². The maximum absolute atomic E-state index is 13.5. The highest BCUT2D eigenvalue weighted by atomic mass is 16.5. The van der Waals surface area contributed by atoms with Gasteiger partial charge < -0.3 is 20.3 Å². The van der Waals surface area contributed by atoms with Crippen LogP contribution in [-0.4, -0.2) is 57.3 Å². The lowest BCUT2D eigenvalue weighted by molar-refractivity contribution is -0.253. The first kappa shape index (κ1) is 35.6. The molecule has 2 bridgehead atoms. The SMILES string of the molecule is CC(C)[C@@H](C)[C@@]1(C)CC[C@]2(C)[C@H]3CC[C@@H]4[C@@]5(COC[C@@]4(C)[C@@H](OC[C@](C)(N)C(C)C)[C@H](n4ncnc4C4CC4)C5)C3=CC[C@@]2(C)[C@@H]1C(=O)O. The minimum absolute atomic E-state index is 0.0280. The normalized spacial score (nSPS) is 45.2. The van der Waals surface area contributed by atoms with Crippen molar-refractivity contribution < 1.29 is 19.4 Å². The Bertz CT molecular complexity index is 1480. The van der Waals surface area contributed by atoms with Gasteiger partial charge in [0.1, 0.15) is 12.2 Å². The molecule has 3 N–H and O–H groups in total. The minimum Gasteiger partial charge on any atom is -0.481 e. The molecular formula is C41H66N4O4. The zero-order valence-corrected chi connectivity index (χ0v) is 32.2. The van der Waals surface area contributed by atoms with Gasteiger partial charge in [-0.3, -0.25) is 4.79 Å². The van der Waals surface area contributed by atoms with E-state index in [2.05, 4.69) is 80.0 Å². The molecule has 12 atom stereocenters. The Balaban J connectivity index is 1.33. The Morgan fingerprint density at radius 1 is 1.08 bits per heavy atom. The van der Waals surface area contributed by atoms with E-state index in [9.17, 15) is 9.90 Å². The summed E-state index contributed by atoms with van der Waals surface area (Å²) >= 11 is 0. The lowest BCUT2D eigenvalue weighted by Gasteiger charge is -2.71. The summed E-state index contributed by atoms with van der Waals surface area (Å²) in [5.41, 5.74) is 6.89. The van der Waals surface area contributed by atoms with Crippen LogP contribution in [0.3, 0.4) is 0 Å². The van der Waals surface area contributed by atoms with Crippen LogP contribution in [0.4, 0.5) is 0 Å². The number of nitrogens with zero attached hydrogens (tertiary/aromatic N) is 3. The van der Waals surface area contributed by atoms with Gasteiger partial charge in [0.25, 0.3) is 0 Å². The molecule has 0 aromatic carbocycles. The van der Waals surface area contributed by atoms with Crippen molar-refractivity contribution in [3.8, 4) is 0 Å². The van der Waals surface area contributed by atoms with E-state index in [1.54, 1.807) is 11.9 Å². The Hall–Kier alpha value is -1.77. The summed E-state index contributed by atoms with van der Waals surface area (Å²) in [4.78, 5) is 18.3. The highest BCUT2D eigenvalue weighted by Gasteiger charge is 2.72. The number of hydrogen-bond acceptors (Lipinski definition) is 6. The molecule has 2 heterocycles. The van der Waals surface area contributed by atoms with Crippen molar-refractivity contribution in [2.75, 3.05) is 19.8 Å². The number of ether oxygens (including phenoxy) is 2. The summed E-state index contributed by atoms with van der Waals surface area (Å²) in [6.45, 7) is 24.7. The van der Waals surface area contributed by atoms with Gasteiger partial charge in [-0.05, 0) is 104 Å². The first-order valence-electron chi connectivity index (χ1n) is 19.7. The third kappa shape index (κ3) is 4.95. The number of aliphatic carboxylic acids is 1. The molecule has 5 fully saturated rings. The predicted molar refractivity (Wildman–Crippen MR) is 192 cm³/mol. The molecule has 0 spiro atoms. The van der Waals surface area contributed by atoms with E-state index in [0.717, 1.165) is 44.3 Å². The average Bonchev–Trinajstić information content (AvgIpc) is 3.75. The number of carbonyl (C=O) groups is 1. The second-order valence-corrected chi connectivity index (χ2v) is 19.8. The van der Waals surface area contributed by atoms with Gasteiger partial charge in [0.15, 0.2) is 0 Å². The molecule has 4 saturated carbocycles. The summed E-state index contributed by atoms with van der Waals surface area (Å²) in [5, 5.41) is 16.1. The van der Waals surface area contributed by atoms with Crippen molar-refractivity contribution in [1.82, 2.24) is 14.8 Å². The molecule has 8 heteroatoms. The monoisotopic (exact) mass is 679 g/mol. The van der Waals surface area contributed by atoms with Crippen LogP contribution in [0.15, 0.2) is 18.0 Å². The topological polar surface area (TPSA) is 112 Å². The van der Waals surface area contributed by atoms with Gasteiger partial charge in [0, 0.05) is 22.3 Å². The summed E-state index contributed by atoms with van der Waals surface area (Å²) in [5.74, 6) is 2.37. The van der Waals surface area contributed by atoms with E-state index < -0.39 is 17.4 Å². The zero-order valence-electron chi connectivity index (χ0n) is 32.2. The first-order valence-corrected chi connectivity index (χ1v) is 19.7. The van der Waals surface area contributed by atoms with Crippen LogP contribution in [0.1, 0.15) is 138 Å². The van der Waals surface area contributed by atoms with Crippen molar-refractivity contribution in [2.24, 2.45) is 68.3 Å². The number of allylic oxidation sites excluding steroid dienone is 1. The van der Waals surface area contributed by atoms with E-state index >= 15 is 0 Å². The number of rotatable bonds is 9. The van der Waals surface area contributed by atoms with Crippen LogP contribution < -0.4 is 5.73 Å². The van der Waals surface area contributed by atoms with Crippen LogP contribution in [-0.2, 0) is 14.3 Å². The van der Waals surface area contributed by atoms with Crippen LogP contribution in [0.25, 0.3) is 0 Å². The molecule has 5 aliphatic carbocycles. The maximum atomic E-state index is 13.5. The number of fused-ring (bicyclic) bond motifs is 3. The molecule has 6 aliphatic rings. The Morgan fingerprint density at radius 2 is 1.80 bits per heavy atom. The maximum Gasteiger partial charge on any atom is 0.307 e. The van der Waals surface area contributed by atoms with Gasteiger partial charge in [-0.1, -0.05) is 74.0 Å². The molecule has 0 amide bonds. The van der Waals surface area contributed by atoms with Crippen LogP contribution >= 0.6 is 0 Å². The van der Waals surface area contributed by atoms with Crippen LogP contribution in [0.5, 0.6) is 0 Å². The van der Waals surface area contributed by atoms with Crippen LogP contribution in [0, 0.1) is 62.6 Å². The Labute approximate surface area is 295 Å². The third-order valence-corrected chi connectivity index (χ3v) is 16.8. The molecule has 0 unspecified atom stereocenters. The number of aromatic nitrogens is 3. The van der Waals surface area contributed by atoms with Gasteiger partial charge >= 0.3 is 5.97 Å². The van der Waals surface area contributed by atoms with E-state index in [-0.39, 0.29) is 45.1 Å². The van der Waals surface area contributed by atoms with Crippen molar-refractivity contribution >= 4 is 5.97 Å². The van der Waals surface area contributed by atoms with E-state index in [0.29, 0.717) is 49.4 Å². The van der Waals surface area contributed by atoms with E-state index in [1.165, 1.54) is 12.8 Å². The number of nitrogens with two attached hydrogens (primary N) is 1. The molecule has 1 saturated heterocycles. The Morgan fingerprint density at radius 3 is 2.43 bits per heavy atom. The summed E-state index contributed by atoms with van der Waals surface area (Å²) in [7, 11) is 0. The largest absolute Gasteiger partial charge is 0.481 e. The molecular weight excluding hydrogens is 612 g/mol. The van der Waals surface area contributed by atoms with Crippen LogP contribution in [0.2, 0.25) is 0 Å². The number of hydrogen-bond donors (Lipinski definition) is 2. The fraction of sp³-hybridized carbons (Fsp3) is 0.878. The van der Waals surface area contributed by atoms with Gasteiger partial charge in [-0.25, -0.2) is 9.67 Å². The smallest absolute Gasteiger partial charge is 0.307 e. The fourth-order valence-corrected chi connectivity index (χ4v) is 12.7. The summed E-state index contributed by atoms with van der Waals surface area (Å²) in [6.07, 6.45) is 12.5. The molecule has 49 heavy (non-hydrogen) atoms. The molecule has 274 valence electrons. The summed E-state index contributed by atoms with van der Waals surface area (Å²) < 4.78 is 16.1. The number of carboxylic acids is 1. The second-order valence-electron chi connectivity index (χ2n) is 19.8. The molecule has 7 rings (SSSR count). The quantitative estimate of drug-likeness (QED) is 0.254. The van der Waals surface area contributed by atoms with Gasteiger partial charge in [0.2, 0.25) is 0 Å². The average molecular weight is 679 g/mol. The minimum atomic E-state index is -0.606.